The Balaban J connectivity index is 1.03. The second kappa shape index (κ2) is 10.5. The van der Waals surface area contributed by atoms with Crippen LogP contribution < -0.4 is 18.9 Å². The van der Waals surface area contributed by atoms with Gasteiger partial charge in [0, 0.05) is 12.6 Å². The number of benzene rings is 2. The number of piperidine rings is 1. The number of fused-ring (bicyclic) bond motifs is 2. The molecule has 10 nitrogen and oxygen atoms in total. The van der Waals surface area contributed by atoms with Crippen molar-refractivity contribution in [1.82, 2.24) is 15.1 Å². The molecule has 1 atom stereocenters. The molecule has 2 aromatic carbocycles. The first kappa shape index (κ1) is 24.6. The van der Waals surface area contributed by atoms with Crippen molar-refractivity contribution < 1.29 is 32.9 Å². The maximum atomic E-state index is 10.7. The van der Waals surface area contributed by atoms with E-state index in [1.54, 1.807) is 6.07 Å². The molecule has 1 fully saturated rings. The fourth-order valence-electron chi connectivity index (χ4n) is 4.98. The van der Waals surface area contributed by atoms with Crippen molar-refractivity contribution in [2.45, 2.75) is 44.8 Å². The molecule has 2 aliphatic rings. The van der Waals surface area contributed by atoms with Gasteiger partial charge in [-0.05, 0) is 75.5 Å². The molecule has 0 saturated carbocycles. The number of hydrogen-bond acceptors (Lipinski definition) is 10. The highest BCUT2D eigenvalue weighted by Crippen LogP contribution is 2.37. The first-order chi connectivity index (χ1) is 18.5. The van der Waals surface area contributed by atoms with Crippen molar-refractivity contribution in [3.05, 3.63) is 48.0 Å². The molecule has 200 valence electrons. The van der Waals surface area contributed by atoms with Gasteiger partial charge in [0.05, 0.1) is 11.5 Å². The molecule has 10 heteroatoms. The zero-order valence-corrected chi connectivity index (χ0v) is 21.5. The van der Waals surface area contributed by atoms with Gasteiger partial charge >= 0.3 is 6.08 Å². The van der Waals surface area contributed by atoms with Crippen LogP contribution in [0.2, 0.25) is 0 Å². The molecule has 6 rings (SSSR count). The monoisotopic (exact) mass is 521 g/mol. The summed E-state index contributed by atoms with van der Waals surface area (Å²) >= 11 is 0. The van der Waals surface area contributed by atoms with Crippen LogP contribution in [0.15, 0.2) is 51.3 Å². The Morgan fingerprint density at radius 1 is 1.03 bits per heavy atom. The van der Waals surface area contributed by atoms with E-state index >= 15 is 0 Å². The van der Waals surface area contributed by atoms with Crippen LogP contribution >= 0.6 is 0 Å². The third-order valence-electron chi connectivity index (χ3n) is 6.83. The molecule has 1 N–H and O–H groups in total. The minimum atomic E-state index is -0.620. The van der Waals surface area contributed by atoms with E-state index < -0.39 is 6.10 Å². The lowest BCUT2D eigenvalue weighted by molar-refractivity contribution is 0.0599. The average molecular weight is 522 g/mol. The minimum absolute atomic E-state index is 0.0770. The Hall–Kier alpha value is -3.76. The molecule has 4 aromatic rings. The maximum Gasteiger partial charge on any atom is 0.415 e. The molecule has 0 radical (unpaired) electrons. The van der Waals surface area contributed by atoms with Crippen LogP contribution in [0.3, 0.4) is 0 Å². The lowest BCUT2D eigenvalue weighted by Crippen LogP contribution is -2.40. The molecule has 1 saturated heterocycles. The third kappa shape index (κ3) is 5.27. The number of aromatic nitrogens is 2. The Morgan fingerprint density at radius 3 is 2.71 bits per heavy atom. The van der Waals surface area contributed by atoms with E-state index in [0.29, 0.717) is 36.3 Å². The quantitative estimate of drug-likeness (QED) is 0.335. The van der Waals surface area contributed by atoms with E-state index in [1.165, 1.54) is 5.56 Å². The number of nitrogens with zero attached hydrogens (tertiary/aromatic N) is 3. The van der Waals surface area contributed by atoms with E-state index in [1.807, 2.05) is 38.1 Å². The summed E-state index contributed by atoms with van der Waals surface area (Å²) in [6, 6.07) is 13.6. The summed E-state index contributed by atoms with van der Waals surface area (Å²) in [5.41, 5.74) is 1.91. The van der Waals surface area contributed by atoms with Gasteiger partial charge in [0.1, 0.15) is 24.0 Å². The summed E-state index contributed by atoms with van der Waals surface area (Å²) in [6.45, 7) is 6.63. The molecule has 4 heterocycles. The van der Waals surface area contributed by atoms with Crippen LogP contribution in [0.5, 0.6) is 23.3 Å². The Morgan fingerprint density at radius 2 is 1.87 bits per heavy atom. The van der Waals surface area contributed by atoms with Gasteiger partial charge in [-0.1, -0.05) is 17.2 Å². The minimum Gasteiger partial charge on any atom is -0.490 e. The highest BCUT2D eigenvalue weighted by molar-refractivity contribution is 5.87. The van der Waals surface area contributed by atoms with Gasteiger partial charge in [-0.2, -0.15) is 0 Å². The number of aliphatic hydroxyl groups excluding tert-OH is 1. The zero-order chi connectivity index (χ0) is 26.1. The summed E-state index contributed by atoms with van der Waals surface area (Å²) in [7, 11) is 0. The van der Waals surface area contributed by atoms with Gasteiger partial charge in [0.25, 0.3) is 5.89 Å². The molecule has 0 amide bonds. The SMILES string of the molecule is CC(C)Oc1nnc(-c2cc3c(OC[C@@H](O)CN4CCC(c5ccc6c(c5)OCO6)CC4)cccc3o2)o1. The summed E-state index contributed by atoms with van der Waals surface area (Å²) in [5.74, 6) is 3.40. The van der Waals surface area contributed by atoms with Gasteiger partial charge in [0.2, 0.25) is 6.79 Å². The first-order valence-corrected chi connectivity index (χ1v) is 13.0. The largest absolute Gasteiger partial charge is 0.490 e. The van der Waals surface area contributed by atoms with Gasteiger partial charge in [-0.3, -0.25) is 0 Å². The highest BCUT2D eigenvalue weighted by Gasteiger charge is 2.25. The van der Waals surface area contributed by atoms with E-state index in [2.05, 4.69) is 27.2 Å². The molecule has 2 aromatic heterocycles. The van der Waals surface area contributed by atoms with Crippen molar-refractivity contribution in [3.8, 4) is 35.0 Å². The second-order valence-electron chi connectivity index (χ2n) is 9.97. The summed E-state index contributed by atoms with van der Waals surface area (Å²) in [5, 5.41) is 19.4. The predicted octanol–water partition coefficient (Wildman–Crippen LogP) is 4.62. The number of β-amino-alcohol motifs (C(OH)–C–C–N with tert-alkyl or cyclic N) is 1. The summed E-state index contributed by atoms with van der Waals surface area (Å²) < 4.78 is 33.8. The van der Waals surface area contributed by atoms with Crippen molar-refractivity contribution in [1.29, 1.82) is 0 Å². The summed E-state index contributed by atoms with van der Waals surface area (Å²) in [6.07, 6.45) is 1.46. The van der Waals surface area contributed by atoms with Crippen LogP contribution in [0, 0.1) is 0 Å². The van der Waals surface area contributed by atoms with Crippen molar-refractivity contribution in [2.75, 3.05) is 33.0 Å². The van der Waals surface area contributed by atoms with E-state index in [-0.39, 0.29) is 24.7 Å². The van der Waals surface area contributed by atoms with Crippen LogP contribution in [0.4, 0.5) is 0 Å². The molecule has 38 heavy (non-hydrogen) atoms. The number of hydrogen-bond donors (Lipinski definition) is 1. The number of likely N-dealkylation sites (tertiary alicyclic amines) is 1. The lowest BCUT2D eigenvalue weighted by atomic mass is 9.89. The first-order valence-electron chi connectivity index (χ1n) is 13.0. The van der Waals surface area contributed by atoms with Gasteiger partial charge < -0.3 is 37.8 Å². The normalized spacial score (nSPS) is 16.8. The molecule has 0 unspecified atom stereocenters. The van der Waals surface area contributed by atoms with Gasteiger partial charge in [0.15, 0.2) is 17.3 Å². The maximum absolute atomic E-state index is 10.7. The third-order valence-corrected chi connectivity index (χ3v) is 6.83. The van der Waals surface area contributed by atoms with Crippen molar-refractivity contribution in [3.63, 3.8) is 0 Å². The molecule has 0 spiro atoms. The molecular formula is C28H31N3O7. The average Bonchev–Trinajstić information content (AvgIpc) is 3.66. The topological polar surface area (TPSA) is 112 Å². The lowest BCUT2D eigenvalue weighted by Gasteiger charge is -2.33. The fraction of sp³-hybridized carbons (Fsp3) is 0.429. The number of aliphatic hydroxyl groups is 1. The molecule has 0 aliphatic carbocycles. The van der Waals surface area contributed by atoms with Crippen LogP contribution in [-0.4, -0.2) is 65.4 Å². The Labute approximate surface area is 220 Å². The number of ether oxygens (including phenoxy) is 4. The van der Waals surface area contributed by atoms with Crippen molar-refractivity contribution in [2.24, 2.45) is 0 Å². The van der Waals surface area contributed by atoms with Crippen molar-refractivity contribution >= 4 is 11.0 Å². The highest BCUT2D eigenvalue weighted by atomic mass is 16.7. The zero-order valence-electron chi connectivity index (χ0n) is 21.5. The van der Waals surface area contributed by atoms with Gasteiger partial charge in [-0.25, -0.2) is 0 Å². The number of furan rings is 1. The Bertz CT molecular complexity index is 1390. The molecule has 2 aliphatic heterocycles. The summed E-state index contributed by atoms with van der Waals surface area (Å²) in [4.78, 5) is 2.29. The molecule has 0 bridgehead atoms. The predicted molar refractivity (Wildman–Crippen MR) is 138 cm³/mol. The second-order valence-corrected chi connectivity index (χ2v) is 9.97. The van der Waals surface area contributed by atoms with Crippen LogP contribution in [-0.2, 0) is 0 Å². The van der Waals surface area contributed by atoms with E-state index in [0.717, 1.165) is 42.8 Å². The van der Waals surface area contributed by atoms with Gasteiger partial charge in [-0.15, -0.1) is 5.10 Å². The smallest absolute Gasteiger partial charge is 0.415 e. The fourth-order valence-corrected chi connectivity index (χ4v) is 4.98. The van der Waals surface area contributed by atoms with Crippen LogP contribution in [0.1, 0.15) is 38.2 Å². The Kier molecular flexibility index (Phi) is 6.82. The number of rotatable bonds is 9. The standard InChI is InChI=1S/C28H31N3O7/c1-17(2)36-28-30-29-27(38-28)26-13-21-22(4-3-5-23(21)37-26)33-15-20(32)14-31-10-8-18(9-11-31)19-6-7-24-25(12-19)35-16-34-24/h3-7,12-13,17-18,20,32H,8-11,14-16H2,1-2H3/t20-/m0/s1. The molecular weight excluding hydrogens is 490 g/mol. The van der Waals surface area contributed by atoms with E-state index in [9.17, 15) is 5.11 Å². The van der Waals surface area contributed by atoms with E-state index in [4.69, 9.17) is 27.8 Å². The van der Waals surface area contributed by atoms with Crippen LogP contribution in [0.25, 0.3) is 22.6 Å².